The Morgan fingerprint density at radius 3 is 2.49 bits per heavy atom. The number of hydrogen-bond acceptors (Lipinski definition) is 8. The Labute approximate surface area is 215 Å². The van der Waals surface area contributed by atoms with Crippen LogP contribution in [0, 0.1) is 0 Å². The second kappa shape index (κ2) is 10.9. The molecule has 0 radical (unpaired) electrons. The number of primary amides is 1. The van der Waals surface area contributed by atoms with E-state index in [1.807, 2.05) is 24.3 Å². The Balaban J connectivity index is 1.87. The van der Waals surface area contributed by atoms with Crippen molar-refractivity contribution in [2.45, 2.75) is 13.0 Å². The number of para-hydroxylation sites is 2. The Hall–Kier alpha value is -4.71. The molecule has 37 heavy (non-hydrogen) atoms. The summed E-state index contributed by atoms with van der Waals surface area (Å²) in [7, 11) is 0. The minimum absolute atomic E-state index is 0.0549. The minimum atomic E-state index is -1.24. The van der Waals surface area contributed by atoms with Gasteiger partial charge < -0.3 is 26.5 Å². The van der Waals surface area contributed by atoms with Crippen LogP contribution in [0.1, 0.15) is 38.7 Å². The van der Waals surface area contributed by atoms with Gasteiger partial charge in [-0.15, -0.1) is 0 Å². The normalized spacial score (nSPS) is 11.6. The highest BCUT2D eigenvalue weighted by Gasteiger charge is 2.37. The van der Waals surface area contributed by atoms with Gasteiger partial charge in [-0.25, -0.2) is 0 Å². The summed E-state index contributed by atoms with van der Waals surface area (Å²) in [6.07, 6.45) is 1.63. The molecule has 1 atom stereocenters. The van der Waals surface area contributed by atoms with Crippen molar-refractivity contribution in [3.05, 3.63) is 76.9 Å². The number of fused-ring (bicyclic) bond motifs is 1. The molecule has 190 valence electrons. The lowest BCUT2D eigenvalue weighted by Crippen LogP contribution is -2.45. The smallest absolute Gasteiger partial charge is 0.325 e. The van der Waals surface area contributed by atoms with Gasteiger partial charge >= 0.3 is 5.97 Å². The number of ether oxygens (including phenoxy) is 1. The van der Waals surface area contributed by atoms with E-state index < -0.39 is 36.3 Å². The van der Waals surface area contributed by atoms with E-state index in [1.54, 1.807) is 43.5 Å². The van der Waals surface area contributed by atoms with Gasteiger partial charge in [-0.2, -0.15) is 4.37 Å². The first-order valence-corrected chi connectivity index (χ1v) is 12.0. The van der Waals surface area contributed by atoms with Crippen molar-refractivity contribution in [3.63, 3.8) is 0 Å². The number of hydrogen-bond donors (Lipinski definition) is 4. The maximum absolute atomic E-state index is 14.0. The van der Waals surface area contributed by atoms with Crippen LogP contribution in [0.25, 0.3) is 10.9 Å². The number of esters is 1. The predicted octanol–water partition coefficient (Wildman–Crippen LogP) is 2.37. The average Bonchev–Trinajstić information content (AvgIpc) is 3.50. The number of nitrogens with two attached hydrogens (primary N) is 2. The summed E-state index contributed by atoms with van der Waals surface area (Å²) in [5.41, 5.74) is 12.6. The van der Waals surface area contributed by atoms with Gasteiger partial charge in [-0.1, -0.05) is 36.4 Å². The lowest BCUT2D eigenvalue weighted by molar-refractivity contribution is -0.143. The van der Waals surface area contributed by atoms with Crippen LogP contribution in [0.3, 0.4) is 0 Å². The van der Waals surface area contributed by atoms with Gasteiger partial charge in [0.25, 0.3) is 11.8 Å². The third-order valence-corrected chi connectivity index (χ3v) is 6.39. The number of aromatic nitrogens is 2. The van der Waals surface area contributed by atoms with E-state index in [2.05, 4.69) is 14.7 Å². The van der Waals surface area contributed by atoms with Crippen LogP contribution in [0.5, 0.6) is 0 Å². The Bertz CT molecular complexity index is 1460. The van der Waals surface area contributed by atoms with E-state index in [1.165, 1.54) is 4.90 Å². The van der Waals surface area contributed by atoms with Crippen molar-refractivity contribution in [2.75, 3.05) is 23.8 Å². The summed E-state index contributed by atoms with van der Waals surface area (Å²) in [5, 5.41) is 3.27. The number of nitrogen functional groups attached to an aromatic ring is 1. The average molecular weight is 521 g/mol. The van der Waals surface area contributed by atoms with E-state index in [0.29, 0.717) is 28.2 Å². The standard InChI is InChI=1S/C25H24N6O5S/c1-2-36-18(32)13-29-24(34)21(16-12-28-17-11-7-6-10-15(16)17)31(14-8-4-3-5-9-14)25(35)22-19(26)20(23(27)33)30-37-22/h3-12,21,28H,2,13,26H2,1H3,(H2,27,33)(H,29,34)/t21-/m0/s1. The molecular formula is C25H24N6O5S. The maximum atomic E-state index is 14.0. The van der Waals surface area contributed by atoms with E-state index in [0.717, 1.165) is 5.52 Å². The number of carbonyl (C=O) groups excluding carboxylic acids is 4. The number of H-pyrrole nitrogens is 1. The van der Waals surface area contributed by atoms with Crippen LogP contribution in [-0.2, 0) is 14.3 Å². The molecule has 0 bridgehead atoms. The van der Waals surface area contributed by atoms with Gasteiger partial charge in [-0.3, -0.25) is 24.1 Å². The molecule has 0 aliphatic carbocycles. The molecule has 0 saturated carbocycles. The van der Waals surface area contributed by atoms with Crippen molar-refractivity contribution in [3.8, 4) is 0 Å². The zero-order valence-corrected chi connectivity index (χ0v) is 20.6. The van der Waals surface area contributed by atoms with Crippen molar-refractivity contribution < 1.29 is 23.9 Å². The summed E-state index contributed by atoms with van der Waals surface area (Å²) in [4.78, 5) is 55.7. The lowest BCUT2D eigenvalue weighted by Gasteiger charge is -2.31. The third-order valence-electron chi connectivity index (χ3n) is 5.54. The number of amides is 3. The quantitative estimate of drug-likeness (QED) is 0.245. The van der Waals surface area contributed by atoms with E-state index in [4.69, 9.17) is 16.2 Å². The molecule has 0 fully saturated rings. The molecule has 11 nitrogen and oxygen atoms in total. The second-order valence-corrected chi connectivity index (χ2v) is 8.64. The van der Waals surface area contributed by atoms with Gasteiger partial charge in [0.15, 0.2) is 5.69 Å². The van der Waals surface area contributed by atoms with Crippen molar-refractivity contribution in [1.82, 2.24) is 14.7 Å². The van der Waals surface area contributed by atoms with Crippen LogP contribution in [0.4, 0.5) is 11.4 Å². The Morgan fingerprint density at radius 1 is 1.11 bits per heavy atom. The molecular weight excluding hydrogens is 496 g/mol. The fraction of sp³-hybridized carbons (Fsp3) is 0.160. The Morgan fingerprint density at radius 2 is 1.81 bits per heavy atom. The number of rotatable bonds is 9. The van der Waals surface area contributed by atoms with Gasteiger partial charge in [0.1, 0.15) is 17.5 Å². The molecule has 0 unspecified atom stereocenters. The zero-order valence-electron chi connectivity index (χ0n) is 19.8. The monoisotopic (exact) mass is 520 g/mol. The number of anilines is 2. The number of nitrogens with zero attached hydrogens (tertiary/aromatic N) is 2. The second-order valence-electron chi connectivity index (χ2n) is 7.86. The maximum Gasteiger partial charge on any atom is 0.325 e. The van der Waals surface area contributed by atoms with E-state index >= 15 is 0 Å². The predicted molar refractivity (Wildman–Crippen MR) is 139 cm³/mol. The minimum Gasteiger partial charge on any atom is -0.465 e. The van der Waals surface area contributed by atoms with Crippen molar-refractivity contribution in [1.29, 1.82) is 0 Å². The van der Waals surface area contributed by atoms with Gasteiger partial charge in [0, 0.05) is 28.4 Å². The molecule has 0 saturated heterocycles. The molecule has 12 heteroatoms. The van der Waals surface area contributed by atoms with Gasteiger partial charge in [-0.05, 0) is 36.7 Å². The molecule has 2 heterocycles. The van der Waals surface area contributed by atoms with Crippen LogP contribution in [0.2, 0.25) is 0 Å². The first-order valence-electron chi connectivity index (χ1n) is 11.3. The fourth-order valence-corrected chi connectivity index (χ4v) is 4.64. The first kappa shape index (κ1) is 25.4. The number of nitrogens with one attached hydrogen (secondary N) is 2. The highest BCUT2D eigenvalue weighted by Crippen LogP contribution is 2.35. The van der Waals surface area contributed by atoms with Crippen LogP contribution >= 0.6 is 11.5 Å². The number of benzene rings is 2. The van der Waals surface area contributed by atoms with Crippen LogP contribution in [-0.4, -0.2) is 46.2 Å². The molecule has 0 spiro atoms. The molecule has 6 N–H and O–H groups in total. The van der Waals surface area contributed by atoms with E-state index in [9.17, 15) is 19.2 Å². The van der Waals surface area contributed by atoms with Crippen LogP contribution in [0.15, 0.2) is 60.8 Å². The summed E-state index contributed by atoms with van der Waals surface area (Å²) in [6.45, 7) is 1.42. The van der Waals surface area contributed by atoms with Crippen molar-refractivity contribution in [2.24, 2.45) is 5.73 Å². The SMILES string of the molecule is CCOC(=O)CNC(=O)[C@H](c1c[nH]c2ccccc12)N(C(=O)c1snc(C(N)=O)c1N)c1ccccc1. The van der Waals surface area contributed by atoms with Gasteiger partial charge in [0.05, 0.1) is 12.3 Å². The molecule has 3 amide bonds. The largest absolute Gasteiger partial charge is 0.465 e. The molecule has 2 aromatic carbocycles. The third kappa shape index (κ3) is 5.14. The van der Waals surface area contributed by atoms with Gasteiger partial charge in [0.2, 0.25) is 5.91 Å². The fourth-order valence-electron chi connectivity index (χ4n) is 3.90. The molecule has 0 aliphatic rings. The first-order chi connectivity index (χ1) is 17.8. The summed E-state index contributed by atoms with van der Waals surface area (Å²) < 4.78 is 8.86. The topological polar surface area (TPSA) is 174 Å². The summed E-state index contributed by atoms with van der Waals surface area (Å²) >= 11 is 0.710. The highest BCUT2D eigenvalue weighted by molar-refractivity contribution is 7.09. The zero-order chi connectivity index (χ0) is 26.5. The highest BCUT2D eigenvalue weighted by atomic mass is 32.1. The van der Waals surface area contributed by atoms with E-state index in [-0.39, 0.29) is 22.9 Å². The Kier molecular flexibility index (Phi) is 7.49. The summed E-state index contributed by atoms with van der Waals surface area (Å²) in [6, 6.07) is 14.6. The van der Waals surface area contributed by atoms with Crippen LogP contribution < -0.4 is 21.7 Å². The number of carbonyl (C=O) groups is 4. The molecule has 2 aromatic heterocycles. The lowest BCUT2D eigenvalue weighted by atomic mass is 10.0. The summed E-state index contributed by atoms with van der Waals surface area (Å²) in [5.74, 6) is -2.80. The molecule has 0 aliphatic heterocycles. The number of aromatic amines is 1. The molecule has 4 aromatic rings. The van der Waals surface area contributed by atoms with Crippen molar-refractivity contribution >= 4 is 57.5 Å². The molecule has 4 rings (SSSR count).